The number of aliphatic hydroxyl groups excluding tert-OH is 1. The van der Waals surface area contributed by atoms with Crippen LogP contribution >= 0.6 is 0 Å². The van der Waals surface area contributed by atoms with Gasteiger partial charge in [0.25, 0.3) is 0 Å². The van der Waals surface area contributed by atoms with Gasteiger partial charge in [-0.1, -0.05) is 60.7 Å². The van der Waals surface area contributed by atoms with E-state index in [0.29, 0.717) is 13.0 Å². The molecule has 0 bridgehead atoms. The minimum atomic E-state index is -0.796. The molecule has 0 saturated carbocycles. The molecule has 1 heterocycles. The Morgan fingerprint density at radius 1 is 0.958 bits per heavy atom. The Kier molecular flexibility index (Phi) is 14.6. The van der Waals surface area contributed by atoms with E-state index in [1.165, 1.54) is 4.90 Å². The number of H-pyrrole nitrogens is 1. The van der Waals surface area contributed by atoms with Crippen molar-refractivity contribution in [1.82, 2.24) is 15.2 Å². The third-order valence-electron chi connectivity index (χ3n) is 7.71. The number of rotatable bonds is 19. The minimum Gasteiger partial charge on any atom is -0.463 e. The van der Waals surface area contributed by atoms with Crippen molar-refractivity contribution in [3.63, 3.8) is 0 Å². The summed E-state index contributed by atoms with van der Waals surface area (Å²) in [5, 5.41) is 13.6. The predicted octanol–water partition coefficient (Wildman–Crippen LogP) is 5.27. The fraction of sp³-hybridized carbons (Fsp3) is 0.421. The third-order valence-corrected chi connectivity index (χ3v) is 7.71. The highest BCUT2D eigenvalue weighted by Crippen LogP contribution is 2.22. The van der Waals surface area contributed by atoms with Crippen molar-refractivity contribution in [2.75, 3.05) is 19.8 Å². The molecule has 0 fully saturated rings. The zero-order valence-corrected chi connectivity index (χ0v) is 28.3. The molecule has 258 valence electrons. The zero-order chi connectivity index (χ0) is 35.1. The highest BCUT2D eigenvalue weighted by atomic mass is 16.6. The van der Waals surface area contributed by atoms with E-state index in [1.807, 2.05) is 60.8 Å². The first-order chi connectivity index (χ1) is 22.9. The molecule has 3 atom stereocenters. The molecule has 3 N–H and O–H groups in total. The predicted molar refractivity (Wildman–Crippen MR) is 186 cm³/mol. The number of nitrogens with one attached hydrogen (secondary N) is 2. The van der Waals surface area contributed by atoms with Crippen LogP contribution in [0.15, 0.2) is 86.1 Å². The molecule has 0 saturated heterocycles. The molecule has 0 aliphatic rings. The number of aliphatic hydroxyl groups is 1. The van der Waals surface area contributed by atoms with Crippen LogP contribution in [-0.2, 0) is 41.6 Å². The van der Waals surface area contributed by atoms with Crippen molar-refractivity contribution < 1.29 is 33.8 Å². The molecule has 2 amide bonds. The molecule has 48 heavy (non-hydrogen) atoms. The number of hydrogen-bond acceptors (Lipinski definition) is 7. The van der Waals surface area contributed by atoms with Crippen molar-refractivity contribution in [3.8, 4) is 0 Å². The highest BCUT2D eigenvalue weighted by Gasteiger charge is 2.29. The summed E-state index contributed by atoms with van der Waals surface area (Å²) < 4.78 is 11.1. The van der Waals surface area contributed by atoms with Crippen molar-refractivity contribution >= 4 is 34.7 Å². The van der Waals surface area contributed by atoms with Gasteiger partial charge in [0, 0.05) is 36.6 Å². The number of esters is 2. The molecule has 0 unspecified atom stereocenters. The van der Waals surface area contributed by atoms with Gasteiger partial charge in [-0.2, -0.15) is 0 Å². The van der Waals surface area contributed by atoms with Gasteiger partial charge in [0.15, 0.2) is 0 Å². The van der Waals surface area contributed by atoms with E-state index < -0.39 is 35.4 Å². The lowest BCUT2D eigenvalue weighted by atomic mass is 9.97. The van der Waals surface area contributed by atoms with Crippen LogP contribution in [-0.4, -0.2) is 70.1 Å². The molecule has 3 aromatic rings. The molecule has 0 radical (unpaired) electrons. The Morgan fingerprint density at radius 3 is 2.29 bits per heavy atom. The van der Waals surface area contributed by atoms with E-state index in [1.54, 1.807) is 32.9 Å². The maximum atomic E-state index is 13.8. The smallest absolute Gasteiger partial charge is 0.309 e. The van der Waals surface area contributed by atoms with Gasteiger partial charge in [-0.3, -0.25) is 19.2 Å². The van der Waals surface area contributed by atoms with Gasteiger partial charge in [-0.25, -0.2) is 0 Å². The Morgan fingerprint density at radius 2 is 1.62 bits per heavy atom. The van der Waals surface area contributed by atoms with Gasteiger partial charge in [0.05, 0.1) is 30.9 Å². The number of amides is 2. The minimum absolute atomic E-state index is 0.0957. The molecule has 1 aromatic heterocycles. The Labute approximate surface area is 283 Å². The Hall–Kier alpha value is -4.70. The number of benzene rings is 2. The summed E-state index contributed by atoms with van der Waals surface area (Å²) in [5.41, 5.74) is 2.05. The van der Waals surface area contributed by atoms with Crippen LogP contribution < -0.4 is 5.32 Å². The standard InChI is InChI=1S/C38H49N3O7/c1-6-13-28(22-34(43)41(19-20-42)25-27-15-9-8-10-16-27)36(45)40-31(21-30-24-39-33-18-12-11-17-32(30)33)26-47-37(46)29(14-7-2)23-35(44)48-38(3,4)5/h6-12,15-18,24,28-29,31,39,42H,1-2,13-14,19-23,25-26H2,3-5H3,(H,40,45)/t28-,29+,31-/m0/s1. The summed E-state index contributed by atoms with van der Waals surface area (Å²) in [7, 11) is 0. The molecule has 0 aliphatic heterocycles. The van der Waals surface area contributed by atoms with Gasteiger partial charge >= 0.3 is 11.9 Å². The monoisotopic (exact) mass is 659 g/mol. The average molecular weight is 660 g/mol. The lowest BCUT2D eigenvalue weighted by Gasteiger charge is -2.26. The molecule has 10 nitrogen and oxygen atoms in total. The Bertz CT molecular complexity index is 1530. The number of hydrogen-bond donors (Lipinski definition) is 3. The first kappa shape index (κ1) is 37.8. The maximum absolute atomic E-state index is 13.8. The van der Waals surface area contributed by atoms with Crippen molar-refractivity contribution in [2.24, 2.45) is 11.8 Å². The summed E-state index contributed by atoms with van der Waals surface area (Å²) in [6.45, 7) is 12.8. The molecular weight excluding hydrogens is 610 g/mol. The second kappa shape index (κ2) is 18.6. The van der Waals surface area contributed by atoms with E-state index in [0.717, 1.165) is 22.0 Å². The lowest BCUT2D eigenvalue weighted by molar-refractivity contribution is -0.161. The number of aromatic amines is 1. The topological polar surface area (TPSA) is 138 Å². The van der Waals surface area contributed by atoms with Crippen molar-refractivity contribution in [3.05, 3.63) is 97.2 Å². The number of aromatic nitrogens is 1. The van der Waals surface area contributed by atoms with Crippen LogP contribution in [0.5, 0.6) is 0 Å². The van der Waals surface area contributed by atoms with Crippen LogP contribution in [0.25, 0.3) is 10.9 Å². The van der Waals surface area contributed by atoms with E-state index in [9.17, 15) is 24.3 Å². The molecule has 0 spiro atoms. The van der Waals surface area contributed by atoms with Crippen LogP contribution in [0.3, 0.4) is 0 Å². The maximum Gasteiger partial charge on any atom is 0.309 e. The summed E-state index contributed by atoms with van der Waals surface area (Å²) in [6.07, 6.45) is 5.53. The summed E-state index contributed by atoms with van der Waals surface area (Å²) >= 11 is 0. The fourth-order valence-electron chi connectivity index (χ4n) is 5.43. The lowest BCUT2D eigenvalue weighted by Crippen LogP contribution is -2.45. The molecule has 3 rings (SSSR count). The SMILES string of the molecule is C=CC[C@@H](CC(=O)N(CCO)Cc1ccccc1)C(=O)N[C@H](COC(=O)[C@H](CC=C)CC(=O)OC(C)(C)C)Cc1c[nH]c2ccccc12. The van der Waals surface area contributed by atoms with E-state index in [-0.39, 0.29) is 57.3 Å². The number of para-hydroxylation sites is 1. The quantitative estimate of drug-likeness (QED) is 0.118. The van der Waals surface area contributed by atoms with E-state index >= 15 is 0 Å². The summed E-state index contributed by atoms with van der Waals surface area (Å²) in [4.78, 5) is 57.7. The van der Waals surface area contributed by atoms with Gasteiger partial charge < -0.3 is 29.8 Å². The normalized spacial score (nSPS) is 13.2. The zero-order valence-electron chi connectivity index (χ0n) is 28.3. The van der Waals surface area contributed by atoms with Gasteiger partial charge in [-0.15, -0.1) is 13.2 Å². The number of carbonyl (C=O) groups is 4. The fourth-order valence-corrected chi connectivity index (χ4v) is 5.43. The number of ether oxygens (including phenoxy) is 2. The highest BCUT2D eigenvalue weighted by molar-refractivity contribution is 5.87. The van der Waals surface area contributed by atoms with Crippen molar-refractivity contribution in [2.45, 2.75) is 71.1 Å². The van der Waals surface area contributed by atoms with E-state index in [4.69, 9.17) is 9.47 Å². The molecule has 2 aromatic carbocycles. The Balaban J connectivity index is 1.77. The summed E-state index contributed by atoms with van der Waals surface area (Å²) in [6, 6.07) is 16.5. The van der Waals surface area contributed by atoms with Crippen LogP contribution in [0.2, 0.25) is 0 Å². The largest absolute Gasteiger partial charge is 0.463 e. The number of nitrogens with zero attached hydrogens (tertiary/aromatic N) is 1. The van der Waals surface area contributed by atoms with Gasteiger partial charge in [0.1, 0.15) is 12.2 Å². The summed E-state index contributed by atoms with van der Waals surface area (Å²) in [5.74, 6) is -3.32. The first-order valence-electron chi connectivity index (χ1n) is 16.3. The molecular formula is C38H49N3O7. The van der Waals surface area contributed by atoms with Crippen LogP contribution in [0.4, 0.5) is 0 Å². The number of fused-ring (bicyclic) bond motifs is 1. The van der Waals surface area contributed by atoms with Gasteiger partial charge in [-0.05, 0) is 57.2 Å². The second-order valence-corrected chi connectivity index (χ2v) is 12.9. The number of carbonyl (C=O) groups excluding carboxylic acids is 4. The second-order valence-electron chi connectivity index (χ2n) is 12.9. The number of allylic oxidation sites excluding steroid dienone is 2. The molecule has 10 heteroatoms. The third kappa shape index (κ3) is 12.2. The van der Waals surface area contributed by atoms with Gasteiger partial charge in [0.2, 0.25) is 11.8 Å². The van der Waals surface area contributed by atoms with Crippen LogP contribution in [0.1, 0.15) is 57.6 Å². The van der Waals surface area contributed by atoms with E-state index in [2.05, 4.69) is 23.5 Å². The first-order valence-corrected chi connectivity index (χ1v) is 16.3. The van der Waals surface area contributed by atoms with Crippen molar-refractivity contribution in [1.29, 1.82) is 0 Å². The average Bonchev–Trinajstić information content (AvgIpc) is 3.45. The molecule has 0 aliphatic carbocycles. The van der Waals surface area contributed by atoms with Crippen LogP contribution in [0, 0.1) is 11.8 Å².